The smallest absolute Gasteiger partial charge is 0.252 e. The van der Waals surface area contributed by atoms with Crippen LogP contribution in [0.5, 0.6) is 0 Å². The molecular weight excluding hydrogens is 248 g/mol. The molecule has 1 aromatic heterocycles. The van der Waals surface area contributed by atoms with Crippen LogP contribution in [0, 0.1) is 0 Å². The number of hydrogen-bond acceptors (Lipinski definition) is 5. The van der Waals surface area contributed by atoms with Gasteiger partial charge in [-0.3, -0.25) is 0 Å². The van der Waals surface area contributed by atoms with Crippen molar-refractivity contribution in [1.82, 2.24) is 4.31 Å². The molecule has 0 amide bonds. The molecule has 0 bridgehead atoms. The van der Waals surface area contributed by atoms with Gasteiger partial charge in [-0.25, -0.2) is 8.42 Å². The van der Waals surface area contributed by atoms with E-state index in [1.807, 2.05) is 0 Å². The lowest BCUT2D eigenvalue weighted by Gasteiger charge is -2.28. The normalized spacial score (nSPS) is 23.4. The molecule has 0 unspecified atom stereocenters. The molecule has 0 radical (unpaired) electrons. The third-order valence-corrected chi connectivity index (χ3v) is 5.85. The Morgan fingerprint density at radius 3 is 2.88 bits per heavy atom. The molecule has 2 rings (SSSR count). The molecule has 16 heavy (non-hydrogen) atoms. The highest BCUT2D eigenvalue weighted by atomic mass is 32.2. The van der Waals surface area contributed by atoms with Crippen molar-refractivity contribution < 1.29 is 13.5 Å². The van der Waals surface area contributed by atoms with E-state index in [1.165, 1.54) is 10.4 Å². The number of thiophene rings is 1. The van der Waals surface area contributed by atoms with Crippen molar-refractivity contribution in [3.63, 3.8) is 0 Å². The summed E-state index contributed by atoms with van der Waals surface area (Å²) in [4.78, 5) is 0. The number of aliphatic hydroxyl groups is 1. The third kappa shape index (κ3) is 2.22. The number of rotatable bonds is 2. The van der Waals surface area contributed by atoms with Gasteiger partial charge in [-0.05, 0) is 18.9 Å². The molecule has 1 aliphatic rings. The molecule has 0 saturated carbocycles. The second-order valence-electron chi connectivity index (χ2n) is 3.86. The Morgan fingerprint density at radius 1 is 1.56 bits per heavy atom. The predicted octanol–water partition coefficient (Wildman–Crippen LogP) is 0.476. The molecule has 1 aromatic rings. The molecule has 3 N–H and O–H groups in total. The number of nitrogens with zero attached hydrogens (tertiary/aromatic N) is 1. The number of hydrogen-bond donors (Lipinski definition) is 2. The van der Waals surface area contributed by atoms with Gasteiger partial charge < -0.3 is 10.8 Å². The number of nitrogen functional groups attached to an aromatic ring is 1. The SMILES string of the molecule is Nc1csc(S(=O)(=O)N2CCC[C@H](O)C2)c1. The summed E-state index contributed by atoms with van der Waals surface area (Å²) in [5.74, 6) is 0. The highest BCUT2D eigenvalue weighted by Crippen LogP contribution is 2.27. The average molecular weight is 262 g/mol. The van der Waals surface area contributed by atoms with Gasteiger partial charge >= 0.3 is 0 Å². The average Bonchev–Trinajstić information content (AvgIpc) is 2.65. The Balaban J connectivity index is 2.25. The van der Waals surface area contributed by atoms with Crippen molar-refractivity contribution in [2.24, 2.45) is 0 Å². The highest BCUT2D eigenvalue weighted by Gasteiger charge is 2.30. The quantitative estimate of drug-likeness (QED) is 0.812. The summed E-state index contributed by atoms with van der Waals surface area (Å²) >= 11 is 1.12. The minimum atomic E-state index is -3.46. The summed E-state index contributed by atoms with van der Waals surface area (Å²) in [6.07, 6.45) is 0.806. The molecule has 0 aromatic carbocycles. The van der Waals surface area contributed by atoms with Gasteiger partial charge in [0.2, 0.25) is 0 Å². The fourth-order valence-electron chi connectivity index (χ4n) is 1.73. The largest absolute Gasteiger partial charge is 0.398 e. The van der Waals surface area contributed by atoms with Crippen molar-refractivity contribution in [2.75, 3.05) is 18.8 Å². The van der Waals surface area contributed by atoms with Gasteiger partial charge in [0.1, 0.15) is 4.21 Å². The molecule has 1 atom stereocenters. The fraction of sp³-hybridized carbons (Fsp3) is 0.556. The molecular formula is C9H14N2O3S2. The maximum Gasteiger partial charge on any atom is 0.252 e. The van der Waals surface area contributed by atoms with Crippen LogP contribution in [0.3, 0.4) is 0 Å². The van der Waals surface area contributed by atoms with E-state index in [2.05, 4.69) is 0 Å². The molecule has 2 heterocycles. The van der Waals surface area contributed by atoms with Crippen molar-refractivity contribution >= 4 is 27.0 Å². The molecule has 1 saturated heterocycles. The van der Waals surface area contributed by atoms with E-state index < -0.39 is 16.1 Å². The molecule has 0 aliphatic carbocycles. The second-order valence-corrected chi connectivity index (χ2v) is 6.93. The van der Waals surface area contributed by atoms with Crippen LogP contribution in [0.2, 0.25) is 0 Å². The first-order chi connectivity index (χ1) is 7.50. The van der Waals surface area contributed by atoms with Gasteiger partial charge in [0.05, 0.1) is 6.10 Å². The summed E-state index contributed by atoms with van der Waals surface area (Å²) in [7, 11) is -3.46. The molecule has 90 valence electrons. The van der Waals surface area contributed by atoms with E-state index in [-0.39, 0.29) is 10.8 Å². The number of aliphatic hydroxyl groups excluding tert-OH is 1. The Labute approximate surface area is 98.5 Å². The molecule has 1 aliphatic heterocycles. The van der Waals surface area contributed by atoms with Crippen LogP contribution in [0.4, 0.5) is 5.69 Å². The minimum Gasteiger partial charge on any atom is -0.398 e. The number of anilines is 1. The number of piperidine rings is 1. The lowest BCUT2D eigenvalue weighted by molar-refractivity contribution is 0.108. The van der Waals surface area contributed by atoms with Crippen LogP contribution in [0.15, 0.2) is 15.7 Å². The number of nitrogens with two attached hydrogens (primary N) is 1. The lowest BCUT2D eigenvalue weighted by Crippen LogP contribution is -2.41. The monoisotopic (exact) mass is 262 g/mol. The van der Waals surface area contributed by atoms with Crippen LogP contribution in [-0.4, -0.2) is 37.0 Å². The zero-order valence-electron chi connectivity index (χ0n) is 8.67. The summed E-state index contributed by atoms with van der Waals surface area (Å²) < 4.78 is 25.8. The predicted molar refractivity (Wildman–Crippen MR) is 62.7 cm³/mol. The van der Waals surface area contributed by atoms with Crippen molar-refractivity contribution in [2.45, 2.75) is 23.2 Å². The van der Waals surface area contributed by atoms with Crippen LogP contribution in [0.25, 0.3) is 0 Å². The molecule has 0 spiro atoms. The van der Waals surface area contributed by atoms with Crippen LogP contribution in [-0.2, 0) is 10.0 Å². The van der Waals surface area contributed by atoms with E-state index in [9.17, 15) is 13.5 Å². The van der Waals surface area contributed by atoms with Crippen LogP contribution in [0.1, 0.15) is 12.8 Å². The van der Waals surface area contributed by atoms with Gasteiger partial charge in [-0.2, -0.15) is 4.31 Å². The van der Waals surface area contributed by atoms with E-state index >= 15 is 0 Å². The first-order valence-electron chi connectivity index (χ1n) is 5.02. The van der Waals surface area contributed by atoms with Gasteiger partial charge in [-0.1, -0.05) is 0 Å². The Bertz CT molecular complexity index is 469. The van der Waals surface area contributed by atoms with Crippen molar-refractivity contribution in [3.8, 4) is 0 Å². The van der Waals surface area contributed by atoms with Crippen LogP contribution < -0.4 is 5.73 Å². The Morgan fingerprint density at radius 2 is 2.31 bits per heavy atom. The van der Waals surface area contributed by atoms with E-state index in [0.29, 0.717) is 25.1 Å². The first-order valence-corrected chi connectivity index (χ1v) is 7.34. The van der Waals surface area contributed by atoms with E-state index in [4.69, 9.17) is 5.73 Å². The molecule has 7 heteroatoms. The standard InChI is InChI=1S/C9H14N2O3S2/c10-7-4-9(15-6-7)16(13,14)11-3-1-2-8(12)5-11/h4,6,8,12H,1-3,5,10H2/t8-/m0/s1. The second kappa shape index (κ2) is 4.33. The lowest BCUT2D eigenvalue weighted by atomic mass is 10.1. The first kappa shape index (κ1) is 11.8. The van der Waals surface area contributed by atoms with Gasteiger partial charge in [-0.15, -0.1) is 11.3 Å². The summed E-state index contributed by atoms with van der Waals surface area (Å²) in [5, 5.41) is 11.1. The summed E-state index contributed by atoms with van der Waals surface area (Å²) in [6, 6.07) is 1.46. The minimum absolute atomic E-state index is 0.181. The summed E-state index contributed by atoms with van der Waals surface area (Å²) in [6.45, 7) is 0.650. The van der Waals surface area contributed by atoms with E-state index in [0.717, 1.165) is 11.3 Å². The number of sulfonamides is 1. The molecule has 1 fully saturated rings. The van der Waals surface area contributed by atoms with E-state index in [1.54, 1.807) is 5.38 Å². The molecule has 5 nitrogen and oxygen atoms in total. The van der Waals surface area contributed by atoms with Crippen LogP contribution >= 0.6 is 11.3 Å². The number of β-amino-alcohol motifs (C(OH)–C–C–N with tert-alkyl or cyclic N) is 1. The maximum atomic E-state index is 12.1. The zero-order valence-corrected chi connectivity index (χ0v) is 10.3. The van der Waals surface area contributed by atoms with Gasteiger partial charge in [0.15, 0.2) is 0 Å². The fourth-order valence-corrected chi connectivity index (χ4v) is 4.48. The van der Waals surface area contributed by atoms with Crippen molar-refractivity contribution in [1.29, 1.82) is 0 Å². The Kier molecular flexibility index (Phi) is 3.20. The van der Waals surface area contributed by atoms with Gasteiger partial charge in [0, 0.05) is 24.2 Å². The highest BCUT2D eigenvalue weighted by molar-refractivity contribution is 7.91. The summed E-state index contributed by atoms with van der Waals surface area (Å²) in [5.41, 5.74) is 5.97. The zero-order chi connectivity index (χ0) is 11.8. The maximum absolute atomic E-state index is 12.1. The van der Waals surface area contributed by atoms with Crippen molar-refractivity contribution in [3.05, 3.63) is 11.4 Å². The topological polar surface area (TPSA) is 83.6 Å². The third-order valence-electron chi connectivity index (χ3n) is 2.55. The van der Waals surface area contributed by atoms with Gasteiger partial charge in [0.25, 0.3) is 10.0 Å². The Hall–Kier alpha value is -0.630.